The highest BCUT2D eigenvalue weighted by molar-refractivity contribution is 6.30. The number of carbonyl (C=O) groups excluding carboxylic acids is 1. The van der Waals surface area contributed by atoms with Gasteiger partial charge in [-0.15, -0.1) is 0 Å². The smallest absolute Gasteiger partial charge is 0.244 e. The summed E-state index contributed by atoms with van der Waals surface area (Å²) in [6, 6.07) is 11.3. The molecule has 2 rings (SSSR count). The summed E-state index contributed by atoms with van der Waals surface area (Å²) in [7, 11) is 0. The first kappa shape index (κ1) is 15.6. The predicted octanol–water partition coefficient (Wildman–Crippen LogP) is 3.45. The zero-order chi connectivity index (χ0) is 15.2. The minimum Gasteiger partial charge on any atom is -0.341 e. The Balaban J connectivity index is 2.00. The number of aromatic nitrogens is 1. The molecule has 5 heteroatoms. The van der Waals surface area contributed by atoms with E-state index in [0.717, 1.165) is 17.9 Å². The predicted molar refractivity (Wildman–Crippen MR) is 86.6 cm³/mol. The van der Waals surface area contributed by atoms with Crippen molar-refractivity contribution in [2.75, 3.05) is 11.9 Å². The summed E-state index contributed by atoms with van der Waals surface area (Å²) in [4.78, 5) is 12.1. The van der Waals surface area contributed by atoms with Crippen LogP contribution in [0.1, 0.15) is 25.6 Å². The highest BCUT2D eigenvalue weighted by Gasteiger charge is 2.11. The Kier molecular flexibility index (Phi) is 5.42. The van der Waals surface area contributed by atoms with Crippen LogP contribution in [0.5, 0.6) is 0 Å². The summed E-state index contributed by atoms with van der Waals surface area (Å²) in [6.07, 6.45) is 1.92. The van der Waals surface area contributed by atoms with Gasteiger partial charge in [-0.25, -0.2) is 0 Å². The van der Waals surface area contributed by atoms with E-state index < -0.39 is 0 Å². The number of nitrogens with zero attached hydrogens (tertiary/aromatic N) is 1. The van der Waals surface area contributed by atoms with Crippen LogP contribution in [-0.4, -0.2) is 17.0 Å². The van der Waals surface area contributed by atoms with Crippen molar-refractivity contribution < 1.29 is 4.79 Å². The molecule has 0 spiro atoms. The normalized spacial score (nSPS) is 12.1. The van der Waals surface area contributed by atoms with Crippen LogP contribution in [0, 0.1) is 0 Å². The molecule has 2 aromatic rings. The Morgan fingerprint density at radius 2 is 2.00 bits per heavy atom. The van der Waals surface area contributed by atoms with Gasteiger partial charge in [-0.1, -0.05) is 18.5 Å². The van der Waals surface area contributed by atoms with Crippen LogP contribution >= 0.6 is 11.6 Å². The second-order valence-corrected chi connectivity index (χ2v) is 5.33. The van der Waals surface area contributed by atoms with Gasteiger partial charge < -0.3 is 15.2 Å². The molecule has 0 saturated heterocycles. The molecule has 1 unspecified atom stereocenters. The van der Waals surface area contributed by atoms with Crippen molar-refractivity contribution in [3.63, 3.8) is 0 Å². The van der Waals surface area contributed by atoms with Gasteiger partial charge in [-0.3, -0.25) is 4.79 Å². The molecule has 1 atom stereocenters. The van der Waals surface area contributed by atoms with Gasteiger partial charge in [0, 0.05) is 28.6 Å². The topological polar surface area (TPSA) is 46.1 Å². The van der Waals surface area contributed by atoms with Crippen molar-refractivity contribution in [2.45, 2.75) is 26.4 Å². The summed E-state index contributed by atoms with van der Waals surface area (Å²) in [5.74, 6) is -0.0570. The first-order valence-corrected chi connectivity index (χ1v) is 7.41. The first-order valence-electron chi connectivity index (χ1n) is 7.04. The fraction of sp³-hybridized carbons (Fsp3) is 0.312. The van der Waals surface area contributed by atoms with Crippen molar-refractivity contribution in [1.29, 1.82) is 0 Å². The Bertz CT molecular complexity index is 592. The molecule has 1 aromatic heterocycles. The van der Waals surface area contributed by atoms with Gasteiger partial charge in [0.25, 0.3) is 0 Å². The molecular formula is C16H20ClN3O. The molecule has 112 valence electrons. The van der Waals surface area contributed by atoms with Crippen LogP contribution in [-0.2, 0) is 11.3 Å². The molecule has 0 bridgehead atoms. The second-order valence-electron chi connectivity index (χ2n) is 4.90. The number of anilines is 1. The highest BCUT2D eigenvalue weighted by Crippen LogP contribution is 2.15. The lowest BCUT2D eigenvalue weighted by Gasteiger charge is -2.16. The average molecular weight is 306 g/mol. The number of nitrogens with one attached hydrogen (secondary N) is 2. The lowest BCUT2D eigenvalue weighted by Crippen LogP contribution is -2.24. The maximum absolute atomic E-state index is 12.1. The van der Waals surface area contributed by atoms with E-state index in [-0.39, 0.29) is 11.9 Å². The number of hydrogen-bond acceptors (Lipinski definition) is 2. The number of hydrogen-bond donors (Lipinski definition) is 2. The number of halogens is 1. The monoisotopic (exact) mass is 305 g/mol. The SMILES string of the molecule is CCNC(C)c1cccn1CC(=O)Nc1ccc(Cl)cc1. The van der Waals surface area contributed by atoms with Crippen molar-refractivity contribution in [1.82, 2.24) is 9.88 Å². The van der Waals surface area contributed by atoms with Crippen LogP contribution in [0.25, 0.3) is 0 Å². The summed E-state index contributed by atoms with van der Waals surface area (Å²) in [5.41, 5.74) is 1.85. The summed E-state index contributed by atoms with van der Waals surface area (Å²) in [6.45, 7) is 5.34. The zero-order valence-electron chi connectivity index (χ0n) is 12.3. The van der Waals surface area contributed by atoms with Crippen molar-refractivity contribution in [2.24, 2.45) is 0 Å². The van der Waals surface area contributed by atoms with E-state index in [1.165, 1.54) is 0 Å². The minimum absolute atomic E-state index is 0.0570. The first-order chi connectivity index (χ1) is 10.1. The lowest BCUT2D eigenvalue weighted by atomic mass is 10.2. The largest absolute Gasteiger partial charge is 0.341 e. The van der Waals surface area contributed by atoms with E-state index in [4.69, 9.17) is 11.6 Å². The number of rotatable bonds is 6. The molecule has 21 heavy (non-hydrogen) atoms. The van der Waals surface area contributed by atoms with Crippen LogP contribution in [0.4, 0.5) is 5.69 Å². The van der Waals surface area contributed by atoms with Gasteiger partial charge >= 0.3 is 0 Å². The van der Waals surface area contributed by atoms with E-state index in [9.17, 15) is 4.79 Å². The lowest BCUT2D eigenvalue weighted by molar-refractivity contribution is -0.116. The van der Waals surface area contributed by atoms with Gasteiger partial charge in [0.1, 0.15) is 6.54 Å². The van der Waals surface area contributed by atoms with Gasteiger partial charge in [-0.2, -0.15) is 0 Å². The van der Waals surface area contributed by atoms with E-state index in [2.05, 4.69) is 24.5 Å². The van der Waals surface area contributed by atoms with Crippen molar-refractivity contribution >= 4 is 23.2 Å². The van der Waals surface area contributed by atoms with Crippen molar-refractivity contribution in [3.05, 3.63) is 53.3 Å². The molecule has 0 aliphatic heterocycles. The van der Waals surface area contributed by atoms with Crippen molar-refractivity contribution in [3.8, 4) is 0 Å². The number of carbonyl (C=O) groups is 1. The van der Waals surface area contributed by atoms with Crippen LogP contribution in [0.2, 0.25) is 5.02 Å². The Morgan fingerprint density at radius 1 is 1.29 bits per heavy atom. The molecule has 2 N–H and O–H groups in total. The van der Waals surface area contributed by atoms with Crippen LogP contribution in [0.15, 0.2) is 42.6 Å². The van der Waals surface area contributed by atoms with E-state index >= 15 is 0 Å². The molecule has 0 saturated carbocycles. The summed E-state index contributed by atoms with van der Waals surface area (Å²) < 4.78 is 1.96. The van der Waals surface area contributed by atoms with Gasteiger partial charge in [0.05, 0.1) is 0 Å². The molecule has 1 aromatic carbocycles. The maximum Gasteiger partial charge on any atom is 0.244 e. The van der Waals surface area contributed by atoms with Crippen LogP contribution < -0.4 is 10.6 Å². The van der Waals surface area contributed by atoms with E-state index in [0.29, 0.717) is 11.6 Å². The molecule has 0 aliphatic carbocycles. The van der Waals surface area contributed by atoms with Gasteiger partial charge in [0.15, 0.2) is 0 Å². The fourth-order valence-corrected chi connectivity index (χ4v) is 2.39. The summed E-state index contributed by atoms with van der Waals surface area (Å²) in [5, 5.41) is 6.87. The molecule has 1 heterocycles. The van der Waals surface area contributed by atoms with Gasteiger partial charge in [-0.05, 0) is 49.9 Å². The van der Waals surface area contributed by atoms with E-state index in [1.54, 1.807) is 24.3 Å². The third-order valence-corrected chi connectivity index (χ3v) is 3.51. The maximum atomic E-state index is 12.1. The molecule has 4 nitrogen and oxygen atoms in total. The van der Waals surface area contributed by atoms with Gasteiger partial charge in [0.2, 0.25) is 5.91 Å². The third-order valence-electron chi connectivity index (χ3n) is 3.26. The summed E-state index contributed by atoms with van der Waals surface area (Å²) >= 11 is 5.82. The highest BCUT2D eigenvalue weighted by atomic mass is 35.5. The van der Waals surface area contributed by atoms with Crippen LogP contribution in [0.3, 0.4) is 0 Å². The Hall–Kier alpha value is -1.78. The standard InChI is InChI=1S/C16H20ClN3O/c1-3-18-12(2)15-5-4-10-20(15)11-16(21)19-14-8-6-13(17)7-9-14/h4-10,12,18H,3,11H2,1-2H3,(H,19,21). The number of benzene rings is 1. The Morgan fingerprint density at radius 3 is 2.67 bits per heavy atom. The molecule has 0 aliphatic rings. The molecule has 0 fully saturated rings. The second kappa shape index (κ2) is 7.29. The third kappa shape index (κ3) is 4.34. The fourth-order valence-electron chi connectivity index (χ4n) is 2.26. The quantitative estimate of drug-likeness (QED) is 0.858. The van der Waals surface area contributed by atoms with E-state index in [1.807, 2.05) is 22.9 Å². The zero-order valence-corrected chi connectivity index (χ0v) is 13.0. The molecule has 1 amide bonds. The average Bonchev–Trinajstić information content (AvgIpc) is 2.90. The molecule has 0 radical (unpaired) electrons. The Labute approximate surface area is 130 Å². The minimum atomic E-state index is -0.0570. The number of amides is 1. The molecular weight excluding hydrogens is 286 g/mol.